The lowest BCUT2D eigenvalue weighted by atomic mass is 10.1. The molecule has 1 amide bonds. The molecular formula is C33H28N2O10. The number of nitrogens with zero attached hydrogens (tertiary/aromatic N) is 1. The number of hydrogen-bond donors (Lipinski definition) is 1. The first-order valence-electron chi connectivity index (χ1n) is 13.7. The van der Waals surface area contributed by atoms with Crippen molar-refractivity contribution in [2.75, 3.05) is 6.61 Å². The van der Waals surface area contributed by atoms with E-state index in [-0.39, 0.29) is 36.6 Å². The number of nitro benzene ring substituents is 1. The highest BCUT2D eigenvalue weighted by Gasteiger charge is 2.25. The number of ether oxygens (including phenoxy) is 4. The molecule has 4 aromatic rings. The van der Waals surface area contributed by atoms with E-state index in [0.29, 0.717) is 5.56 Å². The number of Topliss-reactive ketones (excluding diaryl/α,β-unsaturated/α-hetero) is 1. The summed E-state index contributed by atoms with van der Waals surface area (Å²) in [6.07, 6.45) is -1.86. The summed E-state index contributed by atoms with van der Waals surface area (Å²) in [5.74, 6) is -1.41. The van der Waals surface area contributed by atoms with Gasteiger partial charge in [0.1, 0.15) is 25.0 Å². The number of non-ortho nitro benzene ring substituents is 1. The van der Waals surface area contributed by atoms with Crippen molar-refractivity contribution in [2.45, 2.75) is 25.7 Å². The van der Waals surface area contributed by atoms with E-state index in [9.17, 15) is 29.3 Å². The summed E-state index contributed by atoms with van der Waals surface area (Å²) in [4.78, 5) is 60.7. The van der Waals surface area contributed by atoms with Gasteiger partial charge in [0.2, 0.25) is 5.78 Å². The quantitative estimate of drug-likeness (QED) is 0.0504. The highest BCUT2D eigenvalue weighted by Crippen LogP contribution is 2.17. The second-order valence-corrected chi connectivity index (χ2v) is 9.57. The molecule has 4 rings (SSSR count). The Labute approximate surface area is 257 Å². The SMILES string of the molecule is O=C(N[C@H](Cc1ccc(OC(=O)OCc2ccccc2)cc1)C(=O)OCC(=O)c1cccc([N+](=O)[O-])c1)OCc1ccccc1. The van der Waals surface area contributed by atoms with Crippen LogP contribution in [0.3, 0.4) is 0 Å². The van der Waals surface area contributed by atoms with E-state index < -0.39 is 41.6 Å². The van der Waals surface area contributed by atoms with E-state index in [1.165, 1.54) is 30.3 Å². The molecule has 45 heavy (non-hydrogen) atoms. The van der Waals surface area contributed by atoms with Crippen LogP contribution in [-0.2, 0) is 38.6 Å². The molecule has 0 unspecified atom stereocenters. The zero-order valence-corrected chi connectivity index (χ0v) is 23.8. The maximum absolute atomic E-state index is 13.0. The molecule has 0 radical (unpaired) electrons. The van der Waals surface area contributed by atoms with E-state index in [2.05, 4.69) is 5.32 Å². The Bertz CT molecular complexity index is 1630. The van der Waals surface area contributed by atoms with Crippen LogP contribution in [-0.4, -0.2) is 41.6 Å². The molecule has 0 spiro atoms. The zero-order chi connectivity index (χ0) is 32.0. The first-order chi connectivity index (χ1) is 21.8. The lowest BCUT2D eigenvalue weighted by molar-refractivity contribution is -0.384. The number of rotatable bonds is 13. The predicted octanol–water partition coefficient (Wildman–Crippen LogP) is 5.57. The fraction of sp³-hybridized carbons (Fsp3) is 0.152. The van der Waals surface area contributed by atoms with Crippen LogP contribution < -0.4 is 10.1 Å². The Morgan fingerprint density at radius 2 is 1.33 bits per heavy atom. The number of nitrogens with one attached hydrogen (secondary N) is 1. The van der Waals surface area contributed by atoms with E-state index >= 15 is 0 Å². The Morgan fingerprint density at radius 1 is 0.711 bits per heavy atom. The highest BCUT2D eigenvalue weighted by atomic mass is 16.7. The van der Waals surface area contributed by atoms with Gasteiger partial charge in [-0.05, 0) is 28.8 Å². The third-order valence-electron chi connectivity index (χ3n) is 6.28. The summed E-state index contributed by atoms with van der Waals surface area (Å²) >= 11 is 0. The van der Waals surface area contributed by atoms with E-state index in [0.717, 1.165) is 17.2 Å². The van der Waals surface area contributed by atoms with Crippen LogP contribution in [0.5, 0.6) is 5.75 Å². The molecule has 1 N–H and O–H groups in total. The molecule has 1 atom stereocenters. The summed E-state index contributed by atoms with van der Waals surface area (Å²) in [5, 5.41) is 13.5. The Morgan fingerprint density at radius 3 is 1.96 bits per heavy atom. The molecule has 0 aromatic heterocycles. The molecule has 0 aliphatic rings. The van der Waals surface area contributed by atoms with Gasteiger partial charge in [-0.25, -0.2) is 14.4 Å². The van der Waals surface area contributed by atoms with Crippen molar-refractivity contribution in [1.82, 2.24) is 5.32 Å². The van der Waals surface area contributed by atoms with Gasteiger partial charge in [0.05, 0.1) is 4.92 Å². The van der Waals surface area contributed by atoms with Crippen LogP contribution in [0.2, 0.25) is 0 Å². The third-order valence-corrected chi connectivity index (χ3v) is 6.28. The van der Waals surface area contributed by atoms with Gasteiger partial charge >= 0.3 is 18.2 Å². The fourth-order valence-electron chi connectivity index (χ4n) is 3.99. The number of hydrogen-bond acceptors (Lipinski definition) is 10. The van der Waals surface area contributed by atoms with E-state index in [1.807, 2.05) is 24.3 Å². The van der Waals surface area contributed by atoms with Gasteiger partial charge in [-0.2, -0.15) is 0 Å². The van der Waals surface area contributed by atoms with Crippen LogP contribution in [0.15, 0.2) is 109 Å². The van der Waals surface area contributed by atoms with Gasteiger partial charge in [-0.1, -0.05) is 84.9 Å². The van der Waals surface area contributed by atoms with E-state index in [4.69, 9.17) is 18.9 Å². The number of amides is 1. The molecule has 0 aliphatic carbocycles. The van der Waals surface area contributed by atoms with Crippen molar-refractivity contribution in [3.8, 4) is 5.75 Å². The minimum Gasteiger partial charge on any atom is -0.456 e. The van der Waals surface area contributed by atoms with Crippen molar-refractivity contribution < 1.29 is 43.0 Å². The smallest absolute Gasteiger partial charge is 0.456 e. The monoisotopic (exact) mass is 612 g/mol. The molecule has 12 nitrogen and oxygen atoms in total. The van der Waals surface area contributed by atoms with Crippen LogP contribution >= 0.6 is 0 Å². The number of esters is 1. The van der Waals surface area contributed by atoms with Gasteiger partial charge in [0.25, 0.3) is 5.69 Å². The summed E-state index contributed by atoms with van der Waals surface area (Å²) in [7, 11) is 0. The average Bonchev–Trinajstić information content (AvgIpc) is 3.06. The lowest BCUT2D eigenvalue weighted by Gasteiger charge is -2.18. The first kappa shape index (κ1) is 31.9. The van der Waals surface area contributed by atoms with E-state index in [1.54, 1.807) is 48.5 Å². The maximum atomic E-state index is 13.0. The fourth-order valence-corrected chi connectivity index (χ4v) is 3.99. The lowest BCUT2D eigenvalue weighted by Crippen LogP contribution is -2.44. The van der Waals surface area contributed by atoms with Crippen molar-refractivity contribution in [3.63, 3.8) is 0 Å². The second kappa shape index (κ2) is 16.0. The molecule has 0 heterocycles. The highest BCUT2D eigenvalue weighted by molar-refractivity contribution is 5.98. The summed E-state index contributed by atoms with van der Waals surface area (Å²) in [6, 6.07) is 27.9. The third kappa shape index (κ3) is 10.3. The number of carbonyl (C=O) groups excluding carboxylic acids is 4. The second-order valence-electron chi connectivity index (χ2n) is 9.57. The molecular weight excluding hydrogens is 584 g/mol. The van der Waals surface area contributed by atoms with Gasteiger partial charge < -0.3 is 24.3 Å². The topological polar surface area (TPSA) is 160 Å². The predicted molar refractivity (Wildman–Crippen MR) is 159 cm³/mol. The Kier molecular flexibility index (Phi) is 11.3. The number of ketones is 1. The Hall–Kier alpha value is -6.04. The van der Waals surface area contributed by atoms with Crippen molar-refractivity contribution in [1.29, 1.82) is 0 Å². The minimum absolute atomic E-state index is 0.0123. The first-order valence-corrected chi connectivity index (χ1v) is 13.7. The average molecular weight is 613 g/mol. The van der Waals surface area contributed by atoms with Crippen molar-refractivity contribution in [3.05, 3.63) is 142 Å². The number of alkyl carbamates (subject to hydrolysis) is 1. The van der Waals surface area contributed by atoms with Gasteiger partial charge in [0, 0.05) is 24.1 Å². The minimum atomic E-state index is -1.27. The van der Waals surface area contributed by atoms with Crippen LogP contribution in [0.25, 0.3) is 0 Å². The van der Waals surface area contributed by atoms with Gasteiger partial charge in [-0.15, -0.1) is 0 Å². The van der Waals surface area contributed by atoms with Crippen LogP contribution in [0.4, 0.5) is 15.3 Å². The summed E-state index contributed by atoms with van der Waals surface area (Å²) in [5.41, 5.74) is 1.78. The molecule has 0 fully saturated rings. The largest absolute Gasteiger partial charge is 0.514 e. The summed E-state index contributed by atoms with van der Waals surface area (Å²) < 4.78 is 20.7. The maximum Gasteiger partial charge on any atom is 0.514 e. The molecule has 0 aliphatic heterocycles. The molecule has 0 saturated heterocycles. The molecule has 0 saturated carbocycles. The van der Waals surface area contributed by atoms with Crippen molar-refractivity contribution in [2.24, 2.45) is 0 Å². The molecule has 12 heteroatoms. The van der Waals surface area contributed by atoms with Crippen LogP contribution in [0, 0.1) is 10.1 Å². The van der Waals surface area contributed by atoms with Crippen LogP contribution in [0.1, 0.15) is 27.0 Å². The number of nitro groups is 1. The zero-order valence-electron chi connectivity index (χ0n) is 23.8. The normalized spacial score (nSPS) is 11.0. The van der Waals surface area contributed by atoms with Gasteiger partial charge in [-0.3, -0.25) is 14.9 Å². The molecule has 230 valence electrons. The Balaban J connectivity index is 1.37. The number of carbonyl (C=O) groups is 4. The van der Waals surface area contributed by atoms with Crippen molar-refractivity contribution >= 4 is 29.7 Å². The van der Waals surface area contributed by atoms with Gasteiger partial charge in [0.15, 0.2) is 6.61 Å². The molecule has 0 bridgehead atoms. The standard InChI is InChI=1S/C33H28N2O10/c36-30(26-12-7-13-27(19-26)35(40)41)22-42-31(37)29(34-32(38)43-20-24-8-3-1-4-9-24)18-23-14-16-28(17-15-23)45-33(39)44-21-25-10-5-2-6-11-25/h1-17,19,29H,18,20-22H2,(H,34,38)/t29-/m1/s1. The number of benzene rings is 4. The molecule has 4 aromatic carbocycles. The summed E-state index contributed by atoms with van der Waals surface area (Å²) in [6.45, 7) is -0.724.